The second-order valence-corrected chi connectivity index (χ2v) is 5.48. The van der Waals surface area contributed by atoms with Gasteiger partial charge in [-0.05, 0) is 25.8 Å². The Morgan fingerprint density at radius 3 is 2.29 bits per heavy atom. The van der Waals surface area contributed by atoms with Crippen LogP contribution in [0, 0.1) is 5.92 Å². The quantitative estimate of drug-likeness (QED) is 0.715. The molecule has 3 amide bonds. The minimum absolute atomic E-state index is 0. The first-order valence-corrected chi connectivity index (χ1v) is 7.51. The van der Waals surface area contributed by atoms with Crippen LogP contribution in [-0.2, 0) is 4.79 Å². The molecule has 0 aliphatic carbocycles. The Labute approximate surface area is 134 Å². The van der Waals surface area contributed by atoms with E-state index in [0.29, 0.717) is 19.6 Å². The van der Waals surface area contributed by atoms with E-state index in [1.165, 1.54) is 0 Å². The molecule has 124 valence electrons. The molecule has 6 nitrogen and oxygen atoms in total. The lowest BCUT2D eigenvalue weighted by atomic mass is 9.96. The molecule has 0 spiro atoms. The number of hydrogen-bond donors (Lipinski definition) is 2. The second kappa shape index (κ2) is 10.7. The number of carbonyl (C=O) groups excluding carboxylic acids is 2. The summed E-state index contributed by atoms with van der Waals surface area (Å²) in [6.07, 6.45) is 2.62. The van der Waals surface area contributed by atoms with Crippen LogP contribution >= 0.6 is 12.4 Å². The van der Waals surface area contributed by atoms with Crippen LogP contribution in [0.15, 0.2) is 0 Å². The first kappa shape index (κ1) is 20.0. The molecule has 0 bridgehead atoms. The Balaban J connectivity index is 0.00000400. The number of nitrogens with zero attached hydrogens (tertiary/aromatic N) is 2. The largest absolute Gasteiger partial charge is 0.355 e. The number of piperidine rings is 1. The van der Waals surface area contributed by atoms with E-state index >= 15 is 0 Å². The summed E-state index contributed by atoms with van der Waals surface area (Å²) < 4.78 is 0. The smallest absolute Gasteiger partial charge is 0.319 e. The maximum absolute atomic E-state index is 12.0. The van der Waals surface area contributed by atoms with Gasteiger partial charge in [0.1, 0.15) is 0 Å². The van der Waals surface area contributed by atoms with Crippen LogP contribution in [0.4, 0.5) is 4.79 Å². The Bertz CT molecular complexity index is 318. The van der Waals surface area contributed by atoms with E-state index in [2.05, 4.69) is 17.6 Å². The van der Waals surface area contributed by atoms with Gasteiger partial charge in [0.05, 0.1) is 0 Å². The van der Waals surface area contributed by atoms with Gasteiger partial charge in [-0.1, -0.05) is 6.92 Å². The van der Waals surface area contributed by atoms with E-state index in [0.717, 1.165) is 32.4 Å². The van der Waals surface area contributed by atoms with Gasteiger partial charge in [-0.3, -0.25) is 4.79 Å². The van der Waals surface area contributed by atoms with Crippen LogP contribution in [0.25, 0.3) is 0 Å². The predicted octanol–water partition coefficient (Wildman–Crippen LogP) is 0.918. The first-order chi connectivity index (χ1) is 9.56. The zero-order valence-corrected chi connectivity index (χ0v) is 14.2. The van der Waals surface area contributed by atoms with Crippen LogP contribution in [0.2, 0.25) is 0 Å². The van der Waals surface area contributed by atoms with Gasteiger partial charge < -0.3 is 20.4 Å². The number of urea groups is 1. The molecule has 1 fully saturated rings. The molecule has 0 aromatic carbocycles. The third kappa shape index (κ3) is 7.00. The van der Waals surface area contributed by atoms with Crippen molar-refractivity contribution < 1.29 is 9.59 Å². The molecule has 2 N–H and O–H groups in total. The van der Waals surface area contributed by atoms with Crippen molar-refractivity contribution in [2.75, 3.05) is 46.8 Å². The SMILES string of the molecule is CCCNCCNC(=O)C1CCN(C(=O)N(C)C)CC1.Cl. The number of halogens is 1. The summed E-state index contributed by atoms with van der Waals surface area (Å²) in [7, 11) is 3.51. The molecule has 0 aromatic rings. The van der Waals surface area contributed by atoms with Gasteiger partial charge in [-0.15, -0.1) is 12.4 Å². The summed E-state index contributed by atoms with van der Waals surface area (Å²) in [5, 5.41) is 6.22. The highest BCUT2D eigenvalue weighted by Gasteiger charge is 2.27. The van der Waals surface area contributed by atoms with E-state index < -0.39 is 0 Å². The fourth-order valence-electron chi connectivity index (χ4n) is 2.34. The lowest BCUT2D eigenvalue weighted by molar-refractivity contribution is -0.126. The van der Waals surface area contributed by atoms with E-state index in [-0.39, 0.29) is 30.3 Å². The fraction of sp³-hybridized carbons (Fsp3) is 0.857. The van der Waals surface area contributed by atoms with Gasteiger partial charge in [0.2, 0.25) is 5.91 Å². The molecule has 1 heterocycles. The fourth-order valence-corrected chi connectivity index (χ4v) is 2.34. The normalized spacial score (nSPS) is 15.3. The Morgan fingerprint density at radius 1 is 1.14 bits per heavy atom. The summed E-state index contributed by atoms with van der Waals surface area (Å²) in [6.45, 7) is 5.94. The van der Waals surface area contributed by atoms with Crippen molar-refractivity contribution in [2.24, 2.45) is 5.92 Å². The molecule has 0 atom stereocenters. The van der Waals surface area contributed by atoms with Crippen LogP contribution in [0.3, 0.4) is 0 Å². The average Bonchev–Trinajstić information content (AvgIpc) is 2.46. The van der Waals surface area contributed by atoms with Crippen molar-refractivity contribution in [3.8, 4) is 0 Å². The van der Waals surface area contributed by atoms with E-state index in [4.69, 9.17) is 0 Å². The number of hydrogen-bond acceptors (Lipinski definition) is 3. The summed E-state index contributed by atoms with van der Waals surface area (Å²) in [4.78, 5) is 27.2. The molecule has 0 radical (unpaired) electrons. The molecule has 0 aromatic heterocycles. The number of rotatable bonds is 6. The average molecular weight is 321 g/mol. The molecule has 7 heteroatoms. The summed E-state index contributed by atoms with van der Waals surface area (Å²) in [5.74, 6) is 0.174. The van der Waals surface area contributed by atoms with Gasteiger partial charge >= 0.3 is 6.03 Å². The van der Waals surface area contributed by atoms with Crippen molar-refractivity contribution in [3.05, 3.63) is 0 Å². The zero-order chi connectivity index (χ0) is 15.0. The Morgan fingerprint density at radius 2 is 1.76 bits per heavy atom. The third-order valence-electron chi connectivity index (χ3n) is 3.55. The zero-order valence-electron chi connectivity index (χ0n) is 13.4. The monoisotopic (exact) mass is 320 g/mol. The number of nitrogens with one attached hydrogen (secondary N) is 2. The lowest BCUT2D eigenvalue weighted by Crippen LogP contribution is -2.47. The molecular formula is C14H29ClN4O2. The summed E-state index contributed by atoms with van der Waals surface area (Å²) >= 11 is 0. The molecule has 21 heavy (non-hydrogen) atoms. The van der Waals surface area contributed by atoms with Crippen LogP contribution in [0.5, 0.6) is 0 Å². The van der Waals surface area contributed by atoms with Crippen molar-refractivity contribution in [3.63, 3.8) is 0 Å². The van der Waals surface area contributed by atoms with Crippen LogP contribution in [0.1, 0.15) is 26.2 Å². The van der Waals surface area contributed by atoms with Gasteiger partial charge in [0.15, 0.2) is 0 Å². The second-order valence-electron chi connectivity index (χ2n) is 5.48. The van der Waals surface area contributed by atoms with Crippen molar-refractivity contribution in [1.82, 2.24) is 20.4 Å². The van der Waals surface area contributed by atoms with Crippen molar-refractivity contribution in [2.45, 2.75) is 26.2 Å². The minimum atomic E-state index is 0. The minimum Gasteiger partial charge on any atom is -0.355 e. The van der Waals surface area contributed by atoms with E-state index in [9.17, 15) is 9.59 Å². The van der Waals surface area contributed by atoms with Crippen molar-refractivity contribution in [1.29, 1.82) is 0 Å². The Kier molecular flexibility index (Phi) is 10.2. The van der Waals surface area contributed by atoms with Gasteiger partial charge in [0, 0.05) is 46.2 Å². The topological polar surface area (TPSA) is 64.7 Å². The summed E-state index contributed by atoms with van der Waals surface area (Å²) in [6, 6.07) is 0.0348. The number of amides is 3. The molecule has 1 aliphatic rings. The maximum Gasteiger partial charge on any atom is 0.319 e. The maximum atomic E-state index is 12.0. The van der Waals surface area contributed by atoms with E-state index in [1.54, 1.807) is 19.0 Å². The molecule has 1 aliphatic heterocycles. The molecule has 1 saturated heterocycles. The van der Waals surface area contributed by atoms with Crippen LogP contribution < -0.4 is 10.6 Å². The van der Waals surface area contributed by atoms with Gasteiger partial charge in [-0.2, -0.15) is 0 Å². The predicted molar refractivity (Wildman–Crippen MR) is 86.8 cm³/mol. The van der Waals surface area contributed by atoms with Crippen molar-refractivity contribution >= 4 is 24.3 Å². The molecular weight excluding hydrogens is 292 g/mol. The highest BCUT2D eigenvalue weighted by Crippen LogP contribution is 2.17. The van der Waals surface area contributed by atoms with E-state index in [1.807, 2.05) is 4.90 Å². The molecule has 0 unspecified atom stereocenters. The number of likely N-dealkylation sites (tertiary alicyclic amines) is 1. The number of carbonyl (C=O) groups is 2. The van der Waals surface area contributed by atoms with Crippen LogP contribution in [-0.4, -0.2) is 68.6 Å². The molecule has 1 rings (SSSR count). The Hall–Kier alpha value is -1.01. The van der Waals surface area contributed by atoms with Gasteiger partial charge in [-0.25, -0.2) is 4.79 Å². The highest BCUT2D eigenvalue weighted by atomic mass is 35.5. The van der Waals surface area contributed by atoms with Gasteiger partial charge in [0.25, 0.3) is 0 Å². The highest BCUT2D eigenvalue weighted by molar-refractivity contribution is 5.85. The first-order valence-electron chi connectivity index (χ1n) is 7.51. The molecule has 0 saturated carbocycles. The standard InChI is InChI=1S/C14H28N4O2.ClH/c1-4-7-15-8-9-16-13(19)12-5-10-18(11-6-12)14(20)17(2)3;/h12,15H,4-11H2,1-3H3,(H,16,19);1H. The third-order valence-corrected chi connectivity index (χ3v) is 3.55. The lowest BCUT2D eigenvalue weighted by Gasteiger charge is -2.33. The summed E-state index contributed by atoms with van der Waals surface area (Å²) in [5.41, 5.74) is 0.